The van der Waals surface area contributed by atoms with E-state index in [2.05, 4.69) is 76.5 Å². The molecule has 0 unspecified atom stereocenters. The number of fused-ring (bicyclic) bond motifs is 4. The maximum atomic E-state index is 14.6. The van der Waals surface area contributed by atoms with Crippen molar-refractivity contribution in [1.29, 1.82) is 0 Å². The fourth-order valence-corrected chi connectivity index (χ4v) is 14.9. The van der Waals surface area contributed by atoms with Crippen LogP contribution >= 0.6 is 0 Å². The van der Waals surface area contributed by atoms with Crippen LogP contribution in [0.4, 0.5) is 10.5 Å². The summed E-state index contributed by atoms with van der Waals surface area (Å²) in [7, 11) is 6.52. The van der Waals surface area contributed by atoms with Crippen molar-refractivity contribution in [2.45, 2.75) is 192 Å². The van der Waals surface area contributed by atoms with Crippen LogP contribution in [-0.2, 0) is 78.6 Å². The van der Waals surface area contributed by atoms with E-state index in [9.17, 15) is 63.0 Å². The number of likely N-dealkylation sites (tertiary alicyclic amines) is 1. The highest BCUT2D eigenvalue weighted by atomic mass is 16.6. The highest BCUT2D eigenvalue weighted by Crippen LogP contribution is 2.49. The molecule has 8 rings (SSSR count). The molecule has 12 atom stereocenters. The molecular formula is C76H109N15O18. The molecule has 596 valence electrons. The number of amides is 11. The number of aliphatic hydroxyl groups excluding tert-OH is 2. The summed E-state index contributed by atoms with van der Waals surface area (Å²) < 4.78 is 29.2. The second kappa shape index (κ2) is 40.4. The standard InChI is InChI=1S/C76H109N15O18/c1-10-46-37-89-26-22-47-31-63(105-6)65(107-8)34-52(47)61(89)29-49(46)30-62-53-35-66(108-9)64(106-7)32-48(53)23-27-91(62)76(104)109-40-45-16-18-50(19-17-45)83-74(102)60-15-13-25-90(60)75(103)43(4)81-68(96)55(20-21-67(78)95)85-70(98)56(28-42(2)3)86-69(97)54(14-11-12-24-77)84-72(100)58(38-92)88-73(101)59(39-93)87-71(99)57(82-44(5)94)33-51-36-79-41-80-51/h16-19,31-32,34-36,41-43,46,49,54-62,92-93H,10-15,20-30,33,37-40,77H2,1-9H3,(H2,78,95)(H,79,80)(H,81,96)(H,82,94)(H,83,102)(H,84,100)(H,85,98)(H,86,97)(H,87,99)(H,88,101)/t43-,46-,49+,54-,55-,56-,57-,58-,59-,60-,61-,62+/m0/s1. The first kappa shape index (κ1) is 84.5. The number of rotatable bonds is 38. The minimum Gasteiger partial charge on any atom is -0.493 e. The molecule has 0 aliphatic carbocycles. The molecule has 5 heterocycles. The predicted octanol–water partition coefficient (Wildman–Crippen LogP) is 1.75. The minimum absolute atomic E-state index is 0.0122. The highest BCUT2D eigenvalue weighted by molar-refractivity contribution is 6.00. The Bertz CT molecular complexity index is 3820. The summed E-state index contributed by atoms with van der Waals surface area (Å²) in [5, 5.41) is 40.8. The molecule has 2 fully saturated rings. The molecule has 15 N–H and O–H groups in total. The van der Waals surface area contributed by atoms with Crippen LogP contribution in [0.1, 0.15) is 151 Å². The van der Waals surface area contributed by atoms with Crippen LogP contribution < -0.4 is 72.9 Å². The number of imidazole rings is 1. The molecule has 4 aliphatic heterocycles. The highest BCUT2D eigenvalue weighted by Gasteiger charge is 2.44. The lowest BCUT2D eigenvalue weighted by molar-refractivity contribution is -0.140. The van der Waals surface area contributed by atoms with Gasteiger partial charge in [0, 0.05) is 69.6 Å². The van der Waals surface area contributed by atoms with Gasteiger partial charge in [0.05, 0.1) is 54.0 Å². The maximum absolute atomic E-state index is 14.6. The summed E-state index contributed by atoms with van der Waals surface area (Å²) in [6.07, 6.45) is 6.93. The van der Waals surface area contributed by atoms with Crippen molar-refractivity contribution in [1.82, 2.24) is 61.9 Å². The Labute approximate surface area is 634 Å². The number of nitrogens with zero attached hydrogens (tertiary/aromatic N) is 4. The number of benzene rings is 3. The predicted molar refractivity (Wildman–Crippen MR) is 399 cm³/mol. The molecule has 33 nitrogen and oxygen atoms in total. The van der Waals surface area contributed by atoms with Crippen LogP contribution in [0.15, 0.2) is 61.1 Å². The monoisotopic (exact) mass is 1520 g/mol. The van der Waals surface area contributed by atoms with Crippen molar-refractivity contribution < 1.29 is 86.6 Å². The van der Waals surface area contributed by atoms with Gasteiger partial charge in [0.15, 0.2) is 23.0 Å². The first-order chi connectivity index (χ1) is 52.2. The number of carbonyl (C=O) groups is 11. The molecule has 109 heavy (non-hydrogen) atoms. The Morgan fingerprint density at radius 3 is 1.79 bits per heavy atom. The fourth-order valence-electron chi connectivity index (χ4n) is 14.9. The molecule has 0 spiro atoms. The van der Waals surface area contributed by atoms with Gasteiger partial charge in [-0.25, -0.2) is 9.78 Å². The minimum atomic E-state index is -1.74. The second-order valence-corrected chi connectivity index (χ2v) is 28.7. The third kappa shape index (κ3) is 22.5. The van der Waals surface area contributed by atoms with E-state index in [1.54, 1.807) is 66.6 Å². The fraction of sp³-hybridized carbons (Fsp3) is 0.579. The van der Waals surface area contributed by atoms with Crippen molar-refractivity contribution in [2.24, 2.45) is 29.2 Å². The van der Waals surface area contributed by atoms with E-state index in [0.29, 0.717) is 84.5 Å². The molecule has 33 heteroatoms. The summed E-state index contributed by atoms with van der Waals surface area (Å²) >= 11 is 0. The van der Waals surface area contributed by atoms with Gasteiger partial charge >= 0.3 is 6.09 Å². The molecule has 11 amide bonds. The van der Waals surface area contributed by atoms with E-state index < -0.39 is 127 Å². The van der Waals surface area contributed by atoms with Crippen LogP contribution in [0.3, 0.4) is 0 Å². The number of anilines is 1. The number of nitrogens with one attached hydrogen (secondary N) is 9. The van der Waals surface area contributed by atoms with E-state index in [1.165, 1.54) is 42.4 Å². The van der Waals surface area contributed by atoms with Crippen molar-refractivity contribution in [2.75, 3.05) is 79.7 Å². The lowest BCUT2D eigenvalue weighted by atomic mass is 9.72. The SMILES string of the molecule is CC[C@H]1CN2CCc3cc(OC)c(OC)cc3[C@@H]2C[C@@H]1C[C@@H]1c2cc(OC)c(OC)cc2CCN1C(=O)OCc1ccc(NC(=O)[C@@H]2CCCN2C(=O)[C@H](C)NC(=O)[C@H](CCC(N)=O)NC(=O)[C@H](CC(C)C)NC(=O)[C@H](CCCCN)NC(=O)[C@H](CO)NC(=O)[C@H](CO)NC(=O)[C@H](Cc2cnc[nH]2)NC(C)=O)cc1. The van der Waals surface area contributed by atoms with E-state index in [1.807, 2.05) is 17.0 Å². The zero-order valence-electron chi connectivity index (χ0n) is 63.7. The third-order valence-corrected chi connectivity index (χ3v) is 20.8. The van der Waals surface area contributed by atoms with Gasteiger partial charge in [0.1, 0.15) is 54.9 Å². The summed E-state index contributed by atoms with van der Waals surface area (Å²) in [5.41, 5.74) is 17.4. The summed E-state index contributed by atoms with van der Waals surface area (Å²) in [6.45, 7) is 8.95. The lowest BCUT2D eigenvalue weighted by Crippen LogP contribution is -2.61. The number of H-pyrrole nitrogens is 1. The summed E-state index contributed by atoms with van der Waals surface area (Å²) in [5.74, 6) is -5.24. The average Bonchev–Trinajstić information content (AvgIpc) is 1.30. The van der Waals surface area contributed by atoms with Gasteiger partial charge in [-0.15, -0.1) is 0 Å². The van der Waals surface area contributed by atoms with Gasteiger partial charge < -0.3 is 103 Å². The van der Waals surface area contributed by atoms with Crippen molar-refractivity contribution >= 4 is 70.9 Å². The number of hydrogen-bond acceptors (Lipinski definition) is 21. The van der Waals surface area contributed by atoms with E-state index >= 15 is 0 Å². The zero-order chi connectivity index (χ0) is 79.2. The number of aromatic nitrogens is 2. The molecule has 1 aromatic heterocycles. The number of primary amides is 1. The largest absolute Gasteiger partial charge is 0.493 e. The zero-order valence-corrected chi connectivity index (χ0v) is 63.7. The molecule has 3 aromatic carbocycles. The first-order valence-corrected chi connectivity index (χ1v) is 37.4. The molecule has 2 saturated heterocycles. The molecule has 4 aliphatic rings. The molecule has 4 aromatic rings. The molecular weight excluding hydrogens is 1410 g/mol. The van der Waals surface area contributed by atoms with Crippen LogP contribution in [0.5, 0.6) is 23.0 Å². The number of unbranched alkanes of at least 4 members (excludes halogenated alkanes) is 1. The van der Waals surface area contributed by atoms with Crippen LogP contribution in [0.25, 0.3) is 0 Å². The normalized spacial score (nSPS) is 19.3. The Morgan fingerprint density at radius 2 is 1.21 bits per heavy atom. The maximum Gasteiger partial charge on any atom is 0.410 e. The quantitative estimate of drug-likeness (QED) is 0.0284. The van der Waals surface area contributed by atoms with Gasteiger partial charge in [0.2, 0.25) is 59.1 Å². The molecule has 0 bridgehead atoms. The number of piperidine rings is 1. The van der Waals surface area contributed by atoms with E-state index in [4.69, 9.17) is 35.2 Å². The van der Waals surface area contributed by atoms with Gasteiger partial charge in [-0.05, 0) is 166 Å². The van der Waals surface area contributed by atoms with Gasteiger partial charge in [-0.2, -0.15) is 0 Å². The third-order valence-electron chi connectivity index (χ3n) is 20.8. The number of nitrogens with two attached hydrogens (primary N) is 2. The Kier molecular flexibility index (Phi) is 31.3. The average molecular weight is 1520 g/mol. The van der Waals surface area contributed by atoms with Crippen molar-refractivity contribution in [3.05, 3.63) is 94.6 Å². The number of ether oxygens (including phenoxy) is 5. The Hall–Kier alpha value is -10.1. The Morgan fingerprint density at radius 1 is 0.651 bits per heavy atom. The Balaban J connectivity index is 0.869. The summed E-state index contributed by atoms with van der Waals surface area (Å²) in [6, 6.07) is 3.76. The van der Waals surface area contributed by atoms with Crippen LogP contribution in [0.2, 0.25) is 0 Å². The number of methoxy groups -OCH3 is 4. The van der Waals surface area contributed by atoms with Crippen molar-refractivity contribution in [3.63, 3.8) is 0 Å². The number of hydrogen-bond donors (Lipinski definition) is 13. The van der Waals surface area contributed by atoms with E-state index in [0.717, 1.165) is 43.5 Å². The lowest BCUT2D eigenvalue weighted by Gasteiger charge is -2.49. The summed E-state index contributed by atoms with van der Waals surface area (Å²) in [4.78, 5) is 163. The smallest absolute Gasteiger partial charge is 0.410 e. The number of aliphatic hydroxyl groups is 2. The molecule has 0 radical (unpaired) electrons. The van der Waals surface area contributed by atoms with Crippen molar-refractivity contribution in [3.8, 4) is 23.0 Å². The molecule has 0 saturated carbocycles. The number of carbonyl (C=O) groups excluding carboxylic acids is 11. The number of aromatic amines is 1. The topological polar surface area (TPSA) is 461 Å². The van der Waals surface area contributed by atoms with Gasteiger partial charge in [0.25, 0.3) is 0 Å². The first-order valence-electron chi connectivity index (χ1n) is 37.4. The second-order valence-electron chi connectivity index (χ2n) is 28.7. The van der Waals surface area contributed by atoms with Crippen LogP contribution in [0, 0.1) is 17.8 Å². The van der Waals surface area contributed by atoms with Gasteiger partial charge in [-0.3, -0.25) is 52.8 Å². The van der Waals surface area contributed by atoms with Gasteiger partial charge in [-0.1, -0.05) is 39.3 Å². The van der Waals surface area contributed by atoms with E-state index in [-0.39, 0.29) is 82.1 Å². The van der Waals surface area contributed by atoms with Crippen LogP contribution in [-0.4, -0.2) is 223 Å².